The molecule has 1 aliphatic heterocycles. The summed E-state index contributed by atoms with van der Waals surface area (Å²) in [5, 5.41) is 9.06. The highest BCUT2D eigenvalue weighted by atomic mass is 16.4. The van der Waals surface area contributed by atoms with Crippen LogP contribution in [0.1, 0.15) is 25.3 Å². The van der Waals surface area contributed by atoms with Gasteiger partial charge in [-0.05, 0) is 25.3 Å². The molecule has 19 heavy (non-hydrogen) atoms. The van der Waals surface area contributed by atoms with Crippen LogP contribution in [-0.4, -0.2) is 44.4 Å². The third-order valence-corrected chi connectivity index (χ3v) is 3.52. The van der Waals surface area contributed by atoms with Crippen molar-refractivity contribution in [3.8, 4) is 0 Å². The number of hydrogen-bond donors (Lipinski definition) is 1. The molecular formula is C13H17N3O3. The van der Waals surface area contributed by atoms with E-state index < -0.39 is 11.9 Å². The lowest BCUT2D eigenvalue weighted by Crippen LogP contribution is -2.47. The molecular weight excluding hydrogens is 246 g/mol. The predicted molar refractivity (Wildman–Crippen MR) is 67.3 cm³/mol. The molecule has 0 aliphatic carbocycles. The number of hydrogen-bond acceptors (Lipinski definition) is 4. The Bertz CT molecular complexity index is 463. The van der Waals surface area contributed by atoms with Crippen molar-refractivity contribution in [3.63, 3.8) is 0 Å². The van der Waals surface area contributed by atoms with Crippen LogP contribution in [0.5, 0.6) is 0 Å². The highest BCUT2D eigenvalue weighted by Gasteiger charge is 2.32. The van der Waals surface area contributed by atoms with E-state index >= 15 is 0 Å². The molecule has 1 saturated heterocycles. The van der Waals surface area contributed by atoms with E-state index in [1.807, 2.05) is 6.92 Å². The molecule has 6 nitrogen and oxygen atoms in total. The van der Waals surface area contributed by atoms with Crippen LogP contribution >= 0.6 is 0 Å². The van der Waals surface area contributed by atoms with Crippen LogP contribution in [-0.2, 0) is 16.0 Å². The first-order valence-electron chi connectivity index (χ1n) is 6.34. The second-order valence-electron chi connectivity index (χ2n) is 4.93. The monoisotopic (exact) mass is 263 g/mol. The van der Waals surface area contributed by atoms with E-state index in [0.717, 1.165) is 12.0 Å². The van der Waals surface area contributed by atoms with Gasteiger partial charge in [-0.1, -0.05) is 0 Å². The Balaban J connectivity index is 2.02. The molecule has 1 aromatic heterocycles. The Morgan fingerprint density at radius 1 is 1.37 bits per heavy atom. The average molecular weight is 263 g/mol. The number of likely N-dealkylation sites (tertiary alicyclic amines) is 1. The van der Waals surface area contributed by atoms with Crippen molar-refractivity contribution in [1.82, 2.24) is 14.9 Å². The zero-order valence-corrected chi connectivity index (χ0v) is 10.8. The Hall–Kier alpha value is -1.98. The summed E-state index contributed by atoms with van der Waals surface area (Å²) in [4.78, 5) is 32.7. The number of carbonyl (C=O) groups excluding carboxylic acids is 1. The van der Waals surface area contributed by atoms with Crippen LogP contribution < -0.4 is 0 Å². The molecule has 0 aromatic carbocycles. The van der Waals surface area contributed by atoms with Crippen LogP contribution in [0.2, 0.25) is 0 Å². The van der Waals surface area contributed by atoms with E-state index in [0.29, 0.717) is 13.0 Å². The van der Waals surface area contributed by atoms with E-state index in [2.05, 4.69) is 9.97 Å². The molecule has 102 valence electrons. The van der Waals surface area contributed by atoms with Gasteiger partial charge < -0.3 is 10.0 Å². The van der Waals surface area contributed by atoms with E-state index in [4.69, 9.17) is 5.11 Å². The number of aromatic nitrogens is 2. The SMILES string of the molecule is C[C@H]1CC[C@@H](C(=O)O)CN1C(=O)Cc1cncnc1. The Labute approximate surface area is 111 Å². The van der Waals surface area contributed by atoms with Crippen molar-refractivity contribution in [3.05, 3.63) is 24.3 Å². The minimum absolute atomic E-state index is 0.0618. The highest BCUT2D eigenvalue weighted by Crippen LogP contribution is 2.22. The quantitative estimate of drug-likeness (QED) is 0.869. The van der Waals surface area contributed by atoms with Gasteiger partial charge in [-0.25, -0.2) is 9.97 Å². The van der Waals surface area contributed by atoms with Crippen molar-refractivity contribution in [2.75, 3.05) is 6.54 Å². The topological polar surface area (TPSA) is 83.4 Å². The second kappa shape index (κ2) is 5.77. The van der Waals surface area contributed by atoms with Crippen LogP contribution in [0.3, 0.4) is 0 Å². The molecule has 0 spiro atoms. The van der Waals surface area contributed by atoms with E-state index in [1.165, 1.54) is 6.33 Å². The summed E-state index contributed by atoms with van der Waals surface area (Å²) >= 11 is 0. The molecule has 0 saturated carbocycles. The summed E-state index contributed by atoms with van der Waals surface area (Å²) in [6, 6.07) is 0.0905. The third kappa shape index (κ3) is 3.27. The van der Waals surface area contributed by atoms with Crippen LogP contribution in [0, 0.1) is 5.92 Å². The molecule has 1 aromatic rings. The number of nitrogens with zero attached hydrogens (tertiary/aromatic N) is 3. The fourth-order valence-corrected chi connectivity index (χ4v) is 2.35. The van der Waals surface area contributed by atoms with E-state index in [-0.39, 0.29) is 18.4 Å². The molecule has 2 heterocycles. The van der Waals surface area contributed by atoms with Gasteiger partial charge in [0, 0.05) is 25.0 Å². The number of rotatable bonds is 3. The van der Waals surface area contributed by atoms with Crippen LogP contribution in [0.4, 0.5) is 0 Å². The number of aliphatic carboxylic acids is 1. The number of carboxylic acid groups (broad SMARTS) is 1. The van der Waals surface area contributed by atoms with Crippen molar-refractivity contribution in [1.29, 1.82) is 0 Å². The van der Waals surface area contributed by atoms with Crippen molar-refractivity contribution < 1.29 is 14.7 Å². The standard InChI is InChI=1S/C13H17N3O3/c1-9-2-3-11(13(18)19)7-16(9)12(17)4-10-5-14-8-15-6-10/h5-6,8-9,11H,2-4,7H2,1H3,(H,18,19)/t9-,11+/m0/s1. The van der Waals surface area contributed by atoms with Gasteiger partial charge in [-0.15, -0.1) is 0 Å². The average Bonchev–Trinajstić information content (AvgIpc) is 2.40. The summed E-state index contributed by atoms with van der Waals surface area (Å²) in [6.45, 7) is 2.25. The molecule has 1 amide bonds. The molecule has 0 bridgehead atoms. The number of carboxylic acids is 1. The third-order valence-electron chi connectivity index (χ3n) is 3.52. The zero-order valence-electron chi connectivity index (χ0n) is 10.8. The van der Waals surface area contributed by atoms with Gasteiger partial charge in [0.25, 0.3) is 0 Å². The summed E-state index contributed by atoms with van der Waals surface area (Å²) in [5.41, 5.74) is 0.747. The largest absolute Gasteiger partial charge is 0.481 e. The minimum Gasteiger partial charge on any atom is -0.481 e. The molecule has 1 N–H and O–H groups in total. The first kappa shape index (κ1) is 13.5. The van der Waals surface area contributed by atoms with E-state index in [1.54, 1.807) is 17.3 Å². The lowest BCUT2D eigenvalue weighted by atomic mass is 9.93. The Morgan fingerprint density at radius 2 is 2.05 bits per heavy atom. The summed E-state index contributed by atoms with van der Waals surface area (Å²) in [6.07, 6.45) is 6.21. The second-order valence-corrected chi connectivity index (χ2v) is 4.93. The van der Waals surface area contributed by atoms with Gasteiger partial charge in [-0.3, -0.25) is 9.59 Å². The van der Waals surface area contributed by atoms with Crippen molar-refractivity contribution in [2.24, 2.45) is 5.92 Å². The molecule has 1 aliphatic rings. The maximum atomic E-state index is 12.2. The molecule has 1 fully saturated rings. The summed E-state index contributed by atoms with van der Waals surface area (Å²) < 4.78 is 0. The van der Waals surface area contributed by atoms with Gasteiger partial charge >= 0.3 is 5.97 Å². The van der Waals surface area contributed by atoms with Gasteiger partial charge in [0.05, 0.1) is 12.3 Å². The van der Waals surface area contributed by atoms with Crippen LogP contribution in [0.15, 0.2) is 18.7 Å². The van der Waals surface area contributed by atoms with Gasteiger partial charge in [0.2, 0.25) is 5.91 Å². The molecule has 0 radical (unpaired) electrons. The maximum Gasteiger partial charge on any atom is 0.308 e. The fraction of sp³-hybridized carbons (Fsp3) is 0.538. The van der Waals surface area contributed by atoms with E-state index in [9.17, 15) is 9.59 Å². The van der Waals surface area contributed by atoms with Gasteiger partial charge in [0.15, 0.2) is 0 Å². The lowest BCUT2D eigenvalue weighted by Gasteiger charge is -2.36. The first-order valence-corrected chi connectivity index (χ1v) is 6.34. The highest BCUT2D eigenvalue weighted by molar-refractivity contribution is 5.80. The first-order chi connectivity index (χ1) is 9.08. The number of carbonyl (C=O) groups is 2. The van der Waals surface area contributed by atoms with Crippen molar-refractivity contribution in [2.45, 2.75) is 32.2 Å². The summed E-state index contributed by atoms with van der Waals surface area (Å²) in [5.74, 6) is -1.34. The molecule has 2 atom stereocenters. The smallest absolute Gasteiger partial charge is 0.308 e. The Kier molecular flexibility index (Phi) is 4.09. The normalized spacial score (nSPS) is 23.1. The van der Waals surface area contributed by atoms with Gasteiger partial charge in [-0.2, -0.15) is 0 Å². The number of piperidine rings is 1. The summed E-state index contributed by atoms with van der Waals surface area (Å²) in [7, 11) is 0. The zero-order chi connectivity index (χ0) is 13.8. The molecule has 2 rings (SSSR count). The van der Waals surface area contributed by atoms with Crippen LogP contribution in [0.25, 0.3) is 0 Å². The molecule has 0 unspecified atom stereocenters. The Morgan fingerprint density at radius 3 is 2.68 bits per heavy atom. The minimum atomic E-state index is -0.826. The van der Waals surface area contributed by atoms with Crippen molar-refractivity contribution >= 4 is 11.9 Å². The maximum absolute atomic E-state index is 12.2. The molecule has 6 heteroatoms. The lowest BCUT2D eigenvalue weighted by molar-refractivity contribution is -0.147. The number of amides is 1. The predicted octanol–water partition coefficient (Wildman–Crippen LogP) is 0.731. The fourth-order valence-electron chi connectivity index (χ4n) is 2.35. The van der Waals surface area contributed by atoms with Gasteiger partial charge in [0.1, 0.15) is 6.33 Å².